The summed E-state index contributed by atoms with van der Waals surface area (Å²) in [5.74, 6) is -1.15. The van der Waals surface area contributed by atoms with Gasteiger partial charge in [0.1, 0.15) is 0 Å². The normalized spacial score (nSPS) is 12.4. The van der Waals surface area contributed by atoms with E-state index in [9.17, 15) is 9.50 Å². The van der Waals surface area contributed by atoms with Crippen LogP contribution in [0.15, 0.2) is 36.8 Å². The van der Waals surface area contributed by atoms with Crippen molar-refractivity contribution in [3.63, 3.8) is 0 Å². The summed E-state index contributed by atoms with van der Waals surface area (Å²) in [6.45, 7) is -0.251. The molecule has 1 unspecified atom stereocenters. The molecule has 0 aliphatic rings. The van der Waals surface area contributed by atoms with E-state index in [1.807, 2.05) is 0 Å². The Hall–Kier alpha value is -2.01. The van der Waals surface area contributed by atoms with Gasteiger partial charge in [-0.15, -0.1) is 0 Å². The molecule has 0 aliphatic heterocycles. The van der Waals surface area contributed by atoms with E-state index in [-0.39, 0.29) is 6.61 Å². The second kappa shape index (κ2) is 4.88. The van der Waals surface area contributed by atoms with Crippen LogP contribution in [0.3, 0.4) is 0 Å². The van der Waals surface area contributed by atoms with Crippen LogP contribution in [0.25, 0.3) is 0 Å². The van der Waals surface area contributed by atoms with Gasteiger partial charge < -0.3 is 10.8 Å². The number of nitrogens with two attached hydrogens (primary N) is 1. The molecule has 2 heterocycles. The minimum absolute atomic E-state index is 0.251. The van der Waals surface area contributed by atoms with Crippen LogP contribution in [-0.2, 0) is 0 Å². The fourth-order valence-electron chi connectivity index (χ4n) is 1.73. The average molecular weight is 233 g/mol. The minimum atomic E-state index is -0.602. The zero-order chi connectivity index (χ0) is 12.3. The molecule has 0 saturated heterocycles. The largest absolute Gasteiger partial charge is 0.398 e. The number of nitrogens with zero attached hydrogens (tertiary/aromatic N) is 2. The van der Waals surface area contributed by atoms with Gasteiger partial charge in [0.2, 0.25) is 5.95 Å². The number of aliphatic hydroxyl groups excluding tert-OH is 1. The third kappa shape index (κ3) is 2.24. The van der Waals surface area contributed by atoms with Crippen molar-refractivity contribution in [1.82, 2.24) is 9.97 Å². The first kappa shape index (κ1) is 11.5. The Morgan fingerprint density at radius 3 is 2.76 bits per heavy atom. The molecule has 0 fully saturated rings. The van der Waals surface area contributed by atoms with Crippen LogP contribution in [0.4, 0.5) is 10.1 Å². The van der Waals surface area contributed by atoms with E-state index < -0.39 is 11.9 Å². The van der Waals surface area contributed by atoms with Crippen LogP contribution in [-0.4, -0.2) is 21.7 Å². The lowest BCUT2D eigenvalue weighted by atomic mass is 9.93. The molecule has 0 aliphatic carbocycles. The third-order valence-corrected chi connectivity index (χ3v) is 2.61. The van der Waals surface area contributed by atoms with Gasteiger partial charge in [0, 0.05) is 41.3 Å². The number of nitrogen functional groups attached to an aromatic ring is 1. The van der Waals surface area contributed by atoms with Crippen LogP contribution in [0, 0.1) is 5.95 Å². The highest BCUT2D eigenvalue weighted by molar-refractivity contribution is 5.49. The molecule has 3 N–H and O–H groups in total. The van der Waals surface area contributed by atoms with E-state index in [0.29, 0.717) is 16.8 Å². The van der Waals surface area contributed by atoms with Crippen molar-refractivity contribution in [2.45, 2.75) is 5.92 Å². The molecule has 0 spiro atoms. The zero-order valence-corrected chi connectivity index (χ0v) is 9.05. The summed E-state index contributed by atoms with van der Waals surface area (Å²) in [6, 6.07) is 4.82. The number of rotatable bonds is 3. The van der Waals surface area contributed by atoms with Gasteiger partial charge in [0.05, 0.1) is 6.61 Å². The first-order chi connectivity index (χ1) is 8.24. The number of anilines is 1. The van der Waals surface area contributed by atoms with Gasteiger partial charge >= 0.3 is 0 Å². The maximum absolute atomic E-state index is 13.6. The lowest BCUT2D eigenvalue weighted by Gasteiger charge is -2.16. The number of hydrogen-bond acceptors (Lipinski definition) is 4. The average Bonchev–Trinajstić information content (AvgIpc) is 2.34. The highest BCUT2D eigenvalue weighted by atomic mass is 19.1. The Labute approximate surface area is 98.0 Å². The molecular formula is C12H12FN3O. The second-order valence-corrected chi connectivity index (χ2v) is 3.62. The lowest BCUT2D eigenvalue weighted by molar-refractivity contribution is 0.277. The van der Waals surface area contributed by atoms with E-state index in [1.54, 1.807) is 24.4 Å². The Morgan fingerprint density at radius 1 is 1.29 bits per heavy atom. The highest BCUT2D eigenvalue weighted by Gasteiger charge is 2.19. The first-order valence-corrected chi connectivity index (χ1v) is 5.14. The first-order valence-electron chi connectivity index (χ1n) is 5.14. The molecule has 17 heavy (non-hydrogen) atoms. The van der Waals surface area contributed by atoms with E-state index >= 15 is 0 Å². The van der Waals surface area contributed by atoms with Crippen molar-refractivity contribution in [2.24, 2.45) is 0 Å². The van der Waals surface area contributed by atoms with E-state index in [1.165, 1.54) is 12.4 Å². The van der Waals surface area contributed by atoms with Gasteiger partial charge in [-0.25, -0.2) is 4.98 Å². The summed E-state index contributed by atoms with van der Waals surface area (Å²) in [6.07, 6.45) is 4.44. The van der Waals surface area contributed by atoms with Crippen LogP contribution in [0.2, 0.25) is 0 Å². The number of aromatic nitrogens is 2. The Balaban J connectivity index is 2.48. The molecule has 4 nitrogen and oxygen atoms in total. The number of hydrogen-bond donors (Lipinski definition) is 2. The van der Waals surface area contributed by atoms with E-state index in [4.69, 9.17) is 5.73 Å². The molecule has 0 aromatic carbocycles. The molecule has 88 valence electrons. The van der Waals surface area contributed by atoms with E-state index in [2.05, 4.69) is 9.97 Å². The summed E-state index contributed by atoms with van der Waals surface area (Å²) < 4.78 is 13.6. The van der Waals surface area contributed by atoms with Crippen molar-refractivity contribution in [2.75, 3.05) is 12.3 Å². The topological polar surface area (TPSA) is 72.0 Å². The molecule has 2 aromatic rings. The Kier molecular flexibility index (Phi) is 3.30. The molecule has 0 amide bonds. The van der Waals surface area contributed by atoms with Crippen molar-refractivity contribution in [1.29, 1.82) is 0 Å². The Morgan fingerprint density at radius 2 is 2.12 bits per heavy atom. The molecular weight excluding hydrogens is 221 g/mol. The summed E-state index contributed by atoms with van der Waals surface area (Å²) in [7, 11) is 0. The van der Waals surface area contributed by atoms with Crippen molar-refractivity contribution < 1.29 is 9.50 Å². The molecule has 1 atom stereocenters. The van der Waals surface area contributed by atoms with Gasteiger partial charge in [-0.3, -0.25) is 4.98 Å². The Bertz CT molecular complexity index is 473. The van der Waals surface area contributed by atoms with Gasteiger partial charge in [-0.05, 0) is 12.1 Å². The zero-order valence-electron chi connectivity index (χ0n) is 9.05. The predicted octanol–water partition coefficient (Wildman–Crippen LogP) is 1.32. The second-order valence-electron chi connectivity index (χ2n) is 3.62. The SMILES string of the molecule is Nc1ccncc1C(CO)c1cccnc1F. The van der Waals surface area contributed by atoms with Crippen LogP contribution >= 0.6 is 0 Å². The van der Waals surface area contributed by atoms with Gasteiger partial charge in [-0.1, -0.05) is 6.07 Å². The van der Waals surface area contributed by atoms with Crippen molar-refractivity contribution in [3.05, 3.63) is 53.9 Å². The summed E-state index contributed by atoms with van der Waals surface area (Å²) in [5, 5.41) is 9.40. The predicted molar refractivity (Wildman–Crippen MR) is 61.8 cm³/mol. The number of aliphatic hydroxyl groups is 1. The fourth-order valence-corrected chi connectivity index (χ4v) is 1.73. The van der Waals surface area contributed by atoms with Gasteiger partial charge in [0.15, 0.2) is 0 Å². The summed E-state index contributed by atoms with van der Waals surface area (Å²) in [4.78, 5) is 7.50. The maximum Gasteiger partial charge on any atom is 0.216 e. The smallest absolute Gasteiger partial charge is 0.216 e. The molecule has 2 rings (SSSR count). The maximum atomic E-state index is 13.6. The molecule has 0 bridgehead atoms. The van der Waals surface area contributed by atoms with Crippen LogP contribution in [0.5, 0.6) is 0 Å². The van der Waals surface area contributed by atoms with Gasteiger partial charge in [0.25, 0.3) is 0 Å². The van der Waals surface area contributed by atoms with Crippen molar-refractivity contribution in [3.8, 4) is 0 Å². The van der Waals surface area contributed by atoms with Crippen LogP contribution < -0.4 is 5.73 Å². The highest BCUT2D eigenvalue weighted by Crippen LogP contribution is 2.28. The third-order valence-electron chi connectivity index (χ3n) is 2.61. The monoisotopic (exact) mass is 233 g/mol. The number of halogens is 1. The van der Waals surface area contributed by atoms with Gasteiger partial charge in [-0.2, -0.15) is 4.39 Å². The fraction of sp³-hybridized carbons (Fsp3) is 0.167. The lowest BCUT2D eigenvalue weighted by Crippen LogP contribution is -2.11. The quantitative estimate of drug-likeness (QED) is 0.784. The van der Waals surface area contributed by atoms with Crippen LogP contribution in [0.1, 0.15) is 17.0 Å². The summed E-state index contributed by atoms with van der Waals surface area (Å²) >= 11 is 0. The molecule has 5 heteroatoms. The minimum Gasteiger partial charge on any atom is -0.398 e. The number of pyridine rings is 2. The molecule has 0 saturated carbocycles. The summed E-state index contributed by atoms with van der Waals surface area (Å²) in [5.41, 5.74) is 7.18. The van der Waals surface area contributed by atoms with E-state index in [0.717, 1.165) is 0 Å². The van der Waals surface area contributed by atoms with Crippen molar-refractivity contribution >= 4 is 5.69 Å². The molecule has 0 radical (unpaired) electrons. The standard InChI is InChI=1S/C12H12FN3O/c13-12-8(2-1-4-16-12)10(7-17)9-6-15-5-3-11(9)14/h1-6,10,17H,7H2,(H2,14,15). The molecule has 2 aromatic heterocycles.